The van der Waals surface area contributed by atoms with E-state index in [9.17, 15) is 13.2 Å². The van der Waals surface area contributed by atoms with Gasteiger partial charge in [0.25, 0.3) is 0 Å². The molecule has 0 radical (unpaired) electrons. The molecule has 0 spiro atoms. The van der Waals surface area contributed by atoms with Gasteiger partial charge in [0.1, 0.15) is 6.54 Å². The molecule has 5 nitrogen and oxygen atoms in total. The van der Waals surface area contributed by atoms with Gasteiger partial charge in [-0.3, -0.25) is 9.10 Å². The lowest BCUT2D eigenvalue weighted by molar-refractivity contribution is -0.120. The van der Waals surface area contributed by atoms with Gasteiger partial charge in [-0.2, -0.15) is 0 Å². The number of carbonyl (C=O) groups excluding carboxylic acids is 1. The molecule has 4 saturated carbocycles. The molecule has 204 valence electrons. The van der Waals surface area contributed by atoms with Crippen molar-refractivity contribution in [1.82, 2.24) is 5.32 Å². The van der Waals surface area contributed by atoms with Crippen LogP contribution in [-0.4, -0.2) is 27.1 Å². The average molecular weight is 543 g/mol. The minimum atomic E-state index is -3.67. The molecule has 1 atom stereocenters. The van der Waals surface area contributed by atoms with E-state index in [1.807, 2.05) is 73.7 Å². The first kappa shape index (κ1) is 26.1. The highest BCUT2D eigenvalue weighted by molar-refractivity contribution is 7.92. The molecule has 4 bridgehead atoms. The Morgan fingerprint density at radius 1 is 0.872 bits per heavy atom. The Kier molecular flexibility index (Phi) is 6.78. The van der Waals surface area contributed by atoms with Gasteiger partial charge < -0.3 is 5.32 Å². The van der Waals surface area contributed by atoms with E-state index >= 15 is 0 Å². The van der Waals surface area contributed by atoms with Gasteiger partial charge in [0.05, 0.1) is 18.0 Å². The fraction of sp³-hybridized carbons (Fsp3) is 0.424. The maximum absolute atomic E-state index is 13.4. The van der Waals surface area contributed by atoms with Crippen LogP contribution in [-0.2, 0) is 20.2 Å². The van der Waals surface area contributed by atoms with Crippen molar-refractivity contribution in [3.05, 3.63) is 101 Å². The number of amides is 1. The lowest BCUT2D eigenvalue weighted by Gasteiger charge is -2.57. The second kappa shape index (κ2) is 10.1. The number of benzene rings is 3. The highest BCUT2D eigenvalue weighted by Crippen LogP contribution is 2.60. The Labute approximate surface area is 232 Å². The zero-order valence-electron chi connectivity index (χ0n) is 22.8. The van der Waals surface area contributed by atoms with Crippen LogP contribution in [0.5, 0.6) is 0 Å². The number of nitrogens with zero attached hydrogens (tertiary/aromatic N) is 1. The maximum Gasteiger partial charge on any atom is 0.241 e. The summed E-state index contributed by atoms with van der Waals surface area (Å²) in [6, 6.07) is 25.4. The molecule has 4 fully saturated rings. The third-order valence-electron chi connectivity index (χ3n) is 9.43. The predicted octanol–water partition coefficient (Wildman–Crippen LogP) is 6.13. The zero-order chi connectivity index (χ0) is 27.2. The van der Waals surface area contributed by atoms with Gasteiger partial charge in [-0.25, -0.2) is 8.42 Å². The Hall–Kier alpha value is -3.12. The van der Waals surface area contributed by atoms with Crippen molar-refractivity contribution in [2.45, 2.75) is 56.9 Å². The van der Waals surface area contributed by atoms with Gasteiger partial charge in [0, 0.05) is 0 Å². The van der Waals surface area contributed by atoms with Gasteiger partial charge >= 0.3 is 0 Å². The average Bonchev–Trinajstić information content (AvgIpc) is 2.90. The van der Waals surface area contributed by atoms with E-state index in [2.05, 4.69) is 17.4 Å². The minimum absolute atomic E-state index is 0.247. The third-order valence-corrected chi connectivity index (χ3v) is 10.6. The molecule has 4 aliphatic rings. The fourth-order valence-electron chi connectivity index (χ4n) is 8.08. The standard InChI is InChI=1S/C33H38N2O3S/c1-23-8-6-7-11-30(23)32(27-9-4-3-5-10-27)34-31(36)22-35(39(2,37)38)29-14-12-28(13-15-29)33-19-24-16-25(20-33)18-26(17-24)21-33/h3-15,24-26,32H,16-22H2,1-2H3,(H,34,36)/t24?,25?,26?,32-,33?/m0/s1. The molecule has 7 rings (SSSR count). The molecule has 1 amide bonds. The first-order chi connectivity index (χ1) is 18.7. The van der Waals surface area contributed by atoms with Crippen LogP contribution in [0.15, 0.2) is 78.9 Å². The van der Waals surface area contributed by atoms with Gasteiger partial charge in [-0.15, -0.1) is 0 Å². The lowest BCUT2D eigenvalue weighted by Crippen LogP contribution is -2.48. The number of carbonyl (C=O) groups is 1. The summed E-state index contributed by atoms with van der Waals surface area (Å²) >= 11 is 0. The van der Waals surface area contributed by atoms with Crippen molar-refractivity contribution in [1.29, 1.82) is 0 Å². The normalized spacial score (nSPS) is 26.3. The minimum Gasteiger partial charge on any atom is -0.344 e. The summed E-state index contributed by atoms with van der Waals surface area (Å²) in [5.74, 6) is 2.19. The smallest absolute Gasteiger partial charge is 0.241 e. The number of hydrogen-bond acceptors (Lipinski definition) is 3. The lowest BCUT2D eigenvalue weighted by atomic mass is 9.48. The topological polar surface area (TPSA) is 66.5 Å². The molecule has 0 unspecified atom stereocenters. The van der Waals surface area contributed by atoms with Crippen molar-refractivity contribution in [2.24, 2.45) is 17.8 Å². The molecule has 0 aliphatic heterocycles. The van der Waals surface area contributed by atoms with E-state index in [0.717, 1.165) is 34.4 Å². The SMILES string of the molecule is Cc1ccccc1[C@@H](NC(=O)CN(c1ccc(C23CC4CC(CC(C4)C2)C3)cc1)S(C)(=O)=O)c1ccccc1. The molecule has 0 heterocycles. The Bertz CT molecular complexity index is 1410. The molecule has 0 saturated heterocycles. The van der Waals surface area contributed by atoms with Crippen LogP contribution in [0.3, 0.4) is 0 Å². The van der Waals surface area contributed by atoms with Gasteiger partial charge in [0.15, 0.2) is 0 Å². The van der Waals surface area contributed by atoms with Crippen LogP contribution in [0, 0.1) is 24.7 Å². The van der Waals surface area contributed by atoms with E-state index in [-0.39, 0.29) is 23.9 Å². The molecule has 4 aliphatic carbocycles. The van der Waals surface area contributed by atoms with Gasteiger partial charge in [-0.1, -0.05) is 66.7 Å². The molecule has 1 N–H and O–H groups in total. The summed E-state index contributed by atoms with van der Waals surface area (Å²) in [6.07, 6.45) is 9.12. The maximum atomic E-state index is 13.4. The monoisotopic (exact) mass is 542 g/mol. The van der Waals surface area contributed by atoms with Crippen molar-refractivity contribution in [2.75, 3.05) is 17.1 Å². The number of rotatable bonds is 8. The van der Waals surface area contributed by atoms with Crippen LogP contribution >= 0.6 is 0 Å². The second-order valence-corrected chi connectivity index (χ2v) is 14.2. The summed E-state index contributed by atoms with van der Waals surface area (Å²) in [5.41, 5.74) is 5.12. The summed E-state index contributed by atoms with van der Waals surface area (Å²) < 4.78 is 27.0. The number of anilines is 1. The van der Waals surface area contributed by atoms with E-state index in [1.54, 1.807) is 0 Å². The Morgan fingerprint density at radius 3 is 2.00 bits per heavy atom. The van der Waals surface area contributed by atoms with Gasteiger partial charge in [0.2, 0.25) is 15.9 Å². The Morgan fingerprint density at radius 2 is 1.44 bits per heavy atom. The zero-order valence-corrected chi connectivity index (χ0v) is 23.7. The predicted molar refractivity (Wildman–Crippen MR) is 156 cm³/mol. The first-order valence-electron chi connectivity index (χ1n) is 14.2. The molecule has 6 heteroatoms. The Balaban J connectivity index is 1.23. The highest BCUT2D eigenvalue weighted by atomic mass is 32.2. The largest absolute Gasteiger partial charge is 0.344 e. The van der Waals surface area contributed by atoms with Crippen LogP contribution in [0.4, 0.5) is 5.69 Å². The van der Waals surface area contributed by atoms with Crippen LogP contribution in [0.1, 0.15) is 66.8 Å². The molecular formula is C33H38N2O3S. The van der Waals surface area contributed by atoms with E-state index in [4.69, 9.17) is 0 Å². The summed E-state index contributed by atoms with van der Waals surface area (Å²) in [7, 11) is -3.67. The van der Waals surface area contributed by atoms with Gasteiger partial charge in [-0.05, 0) is 103 Å². The van der Waals surface area contributed by atoms with Crippen molar-refractivity contribution in [3.63, 3.8) is 0 Å². The summed E-state index contributed by atoms with van der Waals surface area (Å²) in [6.45, 7) is 1.75. The van der Waals surface area contributed by atoms with E-state index in [1.165, 1.54) is 54.6 Å². The summed E-state index contributed by atoms with van der Waals surface area (Å²) in [4.78, 5) is 13.4. The van der Waals surface area contributed by atoms with Crippen LogP contribution in [0.2, 0.25) is 0 Å². The van der Waals surface area contributed by atoms with Crippen LogP contribution < -0.4 is 9.62 Å². The van der Waals surface area contributed by atoms with E-state index in [0.29, 0.717) is 5.69 Å². The van der Waals surface area contributed by atoms with Crippen LogP contribution in [0.25, 0.3) is 0 Å². The van der Waals surface area contributed by atoms with E-state index < -0.39 is 10.0 Å². The molecule has 3 aromatic carbocycles. The molecular weight excluding hydrogens is 504 g/mol. The van der Waals surface area contributed by atoms with Crippen molar-refractivity contribution >= 4 is 21.6 Å². The molecule has 0 aromatic heterocycles. The van der Waals surface area contributed by atoms with Crippen molar-refractivity contribution < 1.29 is 13.2 Å². The highest BCUT2D eigenvalue weighted by Gasteiger charge is 2.51. The second-order valence-electron chi connectivity index (χ2n) is 12.3. The third kappa shape index (κ3) is 5.23. The first-order valence-corrected chi connectivity index (χ1v) is 16.0. The van der Waals surface area contributed by atoms with Crippen molar-refractivity contribution in [3.8, 4) is 0 Å². The number of hydrogen-bond donors (Lipinski definition) is 1. The fourth-order valence-corrected chi connectivity index (χ4v) is 8.94. The molecule has 39 heavy (non-hydrogen) atoms. The summed E-state index contributed by atoms with van der Waals surface area (Å²) in [5, 5.41) is 3.12. The number of aryl methyl sites for hydroxylation is 1. The molecule has 3 aromatic rings. The quantitative estimate of drug-likeness (QED) is 0.372. The number of sulfonamides is 1. The number of nitrogens with one attached hydrogen (secondary N) is 1.